The van der Waals surface area contributed by atoms with E-state index in [2.05, 4.69) is 20.3 Å². The quantitative estimate of drug-likeness (QED) is 0.288. The van der Waals surface area contributed by atoms with Gasteiger partial charge >= 0.3 is 0 Å². The minimum absolute atomic E-state index is 0.0210. The number of hydrogen-bond donors (Lipinski definition) is 3. The number of nitrogens with one attached hydrogen (secondary N) is 3. The van der Waals surface area contributed by atoms with Crippen molar-refractivity contribution in [2.45, 2.75) is 11.8 Å². The molecule has 0 unspecified atom stereocenters. The van der Waals surface area contributed by atoms with Crippen LogP contribution >= 0.6 is 22.7 Å². The van der Waals surface area contributed by atoms with E-state index in [9.17, 15) is 18.0 Å². The van der Waals surface area contributed by atoms with Crippen LogP contribution in [0.4, 0.5) is 10.8 Å². The Bertz CT molecular complexity index is 1440. The van der Waals surface area contributed by atoms with E-state index in [4.69, 9.17) is 0 Å². The van der Waals surface area contributed by atoms with Crippen molar-refractivity contribution >= 4 is 61.4 Å². The molecule has 178 valence electrons. The summed E-state index contributed by atoms with van der Waals surface area (Å²) >= 11 is 2.59. The highest BCUT2D eigenvalue weighted by Gasteiger charge is 2.18. The molecule has 0 atom stereocenters. The molecule has 0 saturated heterocycles. The van der Waals surface area contributed by atoms with Crippen molar-refractivity contribution in [1.82, 2.24) is 10.3 Å². The van der Waals surface area contributed by atoms with Crippen molar-refractivity contribution in [3.05, 3.63) is 99.3 Å². The zero-order valence-electron chi connectivity index (χ0n) is 18.4. The van der Waals surface area contributed by atoms with Crippen LogP contribution in [-0.4, -0.2) is 25.2 Å². The molecule has 0 bridgehead atoms. The molecule has 4 rings (SSSR count). The summed E-state index contributed by atoms with van der Waals surface area (Å²) in [7, 11) is -3.81. The Balaban J connectivity index is 1.50. The fourth-order valence-corrected chi connectivity index (χ4v) is 5.38. The molecule has 0 fully saturated rings. The minimum Gasteiger partial charge on any atom is -0.321 e. The maximum absolute atomic E-state index is 13.0. The highest BCUT2D eigenvalue weighted by molar-refractivity contribution is 7.93. The molecule has 2 aromatic carbocycles. The van der Waals surface area contributed by atoms with Crippen LogP contribution < -0.4 is 15.4 Å². The average molecular weight is 525 g/mol. The summed E-state index contributed by atoms with van der Waals surface area (Å²) in [6.45, 7) is 1.92. The fraction of sp³-hybridized carbons (Fsp3) is 0.0417. The number of anilines is 2. The van der Waals surface area contributed by atoms with E-state index in [1.807, 2.05) is 36.6 Å². The first kappa shape index (κ1) is 24.3. The predicted molar refractivity (Wildman–Crippen MR) is 139 cm³/mol. The van der Waals surface area contributed by atoms with Gasteiger partial charge in [0.1, 0.15) is 5.70 Å². The SMILES string of the molecule is Cc1ccc(C(=O)N/C(=C/c2cccs2)C(=O)Nc2ccc(S(=O)(=O)Nc3nccs3)cc2)cc1. The Morgan fingerprint density at radius 1 is 0.943 bits per heavy atom. The molecule has 2 heterocycles. The molecule has 8 nitrogen and oxygen atoms in total. The fourth-order valence-electron chi connectivity index (χ4n) is 2.94. The summed E-state index contributed by atoms with van der Waals surface area (Å²) in [5.74, 6) is -0.965. The number of amides is 2. The average Bonchev–Trinajstić information content (AvgIpc) is 3.53. The van der Waals surface area contributed by atoms with Crippen molar-refractivity contribution in [1.29, 1.82) is 0 Å². The lowest BCUT2D eigenvalue weighted by Gasteiger charge is -2.12. The van der Waals surface area contributed by atoms with Gasteiger partial charge in [-0.1, -0.05) is 23.8 Å². The van der Waals surface area contributed by atoms with E-state index in [0.29, 0.717) is 11.3 Å². The molecule has 0 saturated carbocycles. The number of rotatable bonds is 8. The normalized spacial score (nSPS) is 11.6. The van der Waals surface area contributed by atoms with E-state index in [-0.39, 0.29) is 15.7 Å². The number of nitrogens with zero attached hydrogens (tertiary/aromatic N) is 1. The topological polar surface area (TPSA) is 117 Å². The van der Waals surface area contributed by atoms with Gasteiger partial charge in [-0.05, 0) is 60.8 Å². The second-order valence-corrected chi connectivity index (χ2v) is 10.9. The molecular formula is C24H20N4O4S3. The Hall–Kier alpha value is -3.80. The standard InChI is InChI=1S/C24H20N4O4S3/c1-16-4-6-17(7-5-16)22(29)27-21(15-19-3-2-13-33-19)23(30)26-18-8-10-20(11-9-18)35(31,32)28-24-25-12-14-34-24/h2-15H,1H3,(H,25,28)(H,26,30)(H,27,29)/b21-15+. The van der Waals surface area contributed by atoms with Gasteiger partial charge in [0.2, 0.25) is 0 Å². The second kappa shape index (κ2) is 10.6. The van der Waals surface area contributed by atoms with Gasteiger partial charge in [-0.25, -0.2) is 13.4 Å². The monoisotopic (exact) mass is 524 g/mol. The molecule has 0 spiro atoms. The highest BCUT2D eigenvalue weighted by Crippen LogP contribution is 2.20. The molecule has 0 aliphatic rings. The van der Waals surface area contributed by atoms with Gasteiger partial charge < -0.3 is 10.6 Å². The van der Waals surface area contributed by atoms with Gasteiger partial charge in [-0.15, -0.1) is 22.7 Å². The number of hydrogen-bond acceptors (Lipinski definition) is 7. The number of carbonyl (C=O) groups excluding carboxylic acids is 2. The first-order valence-corrected chi connectivity index (χ1v) is 13.5. The first-order valence-electron chi connectivity index (χ1n) is 10.3. The van der Waals surface area contributed by atoms with Crippen molar-refractivity contribution in [2.24, 2.45) is 0 Å². The van der Waals surface area contributed by atoms with Crippen LogP contribution in [0.5, 0.6) is 0 Å². The largest absolute Gasteiger partial charge is 0.321 e. The summed E-state index contributed by atoms with van der Waals surface area (Å²) in [5, 5.41) is 9.16. The number of carbonyl (C=O) groups is 2. The number of sulfonamides is 1. The minimum atomic E-state index is -3.81. The zero-order valence-corrected chi connectivity index (χ0v) is 20.8. The van der Waals surface area contributed by atoms with Crippen molar-refractivity contribution in [3.63, 3.8) is 0 Å². The Morgan fingerprint density at radius 3 is 2.31 bits per heavy atom. The van der Waals surface area contributed by atoms with Crippen LogP contribution in [0.15, 0.2) is 88.2 Å². The molecule has 11 heteroatoms. The smallest absolute Gasteiger partial charge is 0.272 e. The van der Waals surface area contributed by atoms with E-state index in [0.717, 1.165) is 10.4 Å². The summed E-state index contributed by atoms with van der Waals surface area (Å²) in [6, 6.07) is 16.4. The Morgan fingerprint density at radius 2 is 1.69 bits per heavy atom. The van der Waals surface area contributed by atoms with Crippen LogP contribution in [0.1, 0.15) is 20.8 Å². The molecule has 4 aromatic rings. The third-order valence-electron chi connectivity index (χ3n) is 4.71. The molecule has 2 aromatic heterocycles. The van der Waals surface area contributed by atoms with Crippen LogP contribution in [0, 0.1) is 6.92 Å². The van der Waals surface area contributed by atoms with Gasteiger partial charge in [0.25, 0.3) is 21.8 Å². The number of aromatic nitrogens is 1. The number of thiazole rings is 1. The molecule has 0 radical (unpaired) electrons. The van der Waals surface area contributed by atoms with Gasteiger partial charge in [-0.2, -0.15) is 0 Å². The van der Waals surface area contributed by atoms with E-state index in [1.165, 1.54) is 53.1 Å². The number of aryl methyl sites for hydroxylation is 1. The van der Waals surface area contributed by atoms with E-state index < -0.39 is 21.8 Å². The molecule has 0 aliphatic carbocycles. The lowest BCUT2D eigenvalue weighted by atomic mass is 10.1. The van der Waals surface area contributed by atoms with Crippen molar-refractivity contribution in [2.75, 3.05) is 10.0 Å². The van der Waals surface area contributed by atoms with Crippen LogP contribution in [0.25, 0.3) is 6.08 Å². The molecule has 3 N–H and O–H groups in total. The number of benzene rings is 2. The number of thiophene rings is 1. The van der Waals surface area contributed by atoms with Crippen molar-refractivity contribution < 1.29 is 18.0 Å². The highest BCUT2D eigenvalue weighted by atomic mass is 32.2. The Labute approximate surface area is 210 Å². The summed E-state index contributed by atoms with van der Waals surface area (Å²) < 4.78 is 27.4. The van der Waals surface area contributed by atoms with Crippen molar-refractivity contribution in [3.8, 4) is 0 Å². The van der Waals surface area contributed by atoms with E-state index in [1.54, 1.807) is 23.6 Å². The summed E-state index contributed by atoms with van der Waals surface area (Å²) in [4.78, 5) is 30.5. The van der Waals surface area contributed by atoms with E-state index >= 15 is 0 Å². The van der Waals surface area contributed by atoms with Crippen LogP contribution in [0.2, 0.25) is 0 Å². The van der Waals surface area contributed by atoms with Gasteiger partial charge in [-0.3, -0.25) is 14.3 Å². The predicted octanol–water partition coefficient (Wildman–Crippen LogP) is 4.72. The zero-order chi connectivity index (χ0) is 24.8. The summed E-state index contributed by atoms with van der Waals surface area (Å²) in [5.41, 5.74) is 1.86. The third-order valence-corrected chi connectivity index (χ3v) is 7.70. The van der Waals surface area contributed by atoms with Gasteiger partial charge in [0.15, 0.2) is 5.13 Å². The third kappa shape index (κ3) is 6.41. The summed E-state index contributed by atoms with van der Waals surface area (Å²) in [6.07, 6.45) is 3.09. The lowest BCUT2D eigenvalue weighted by molar-refractivity contribution is -0.113. The van der Waals surface area contributed by atoms with Crippen LogP contribution in [0.3, 0.4) is 0 Å². The van der Waals surface area contributed by atoms with Gasteiger partial charge in [0.05, 0.1) is 4.90 Å². The molecular weight excluding hydrogens is 504 g/mol. The molecule has 0 aliphatic heterocycles. The van der Waals surface area contributed by atoms with Gasteiger partial charge in [0, 0.05) is 27.7 Å². The maximum atomic E-state index is 13.0. The maximum Gasteiger partial charge on any atom is 0.272 e. The molecule has 2 amide bonds. The lowest BCUT2D eigenvalue weighted by Crippen LogP contribution is -2.30. The van der Waals surface area contributed by atoms with Crippen LogP contribution in [-0.2, 0) is 14.8 Å². The molecule has 35 heavy (non-hydrogen) atoms. The second-order valence-electron chi connectivity index (χ2n) is 7.31. The Kier molecular flexibility index (Phi) is 7.39. The first-order chi connectivity index (χ1) is 16.8.